The molecule has 0 aliphatic carbocycles. The number of halogens is 1. The first-order valence-electron chi connectivity index (χ1n) is 4.57. The average molecular weight is 238 g/mol. The maximum atomic E-state index is 11.0. The number of carbonyl (C=O) groups excluding carboxylic acids is 1. The van der Waals surface area contributed by atoms with Gasteiger partial charge in [-0.25, -0.2) is 4.79 Å². The molecule has 4 nitrogen and oxygen atoms in total. The molecule has 0 rings (SSSR count). The first kappa shape index (κ1) is 16.8. The van der Waals surface area contributed by atoms with Crippen molar-refractivity contribution in [2.45, 2.75) is 19.6 Å². The van der Waals surface area contributed by atoms with Gasteiger partial charge in [-0.1, -0.05) is 6.58 Å². The van der Waals surface area contributed by atoms with Crippen LogP contribution in [0.1, 0.15) is 13.3 Å². The fourth-order valence-electron chi connectivity index (χ4n) is 0.781. The Kier molecular flexibility index (Phi) is 7.66. The zero-order chi connectivity index (χ0) is 11.4. The van der Waals surface area contributed by atoms with E-state index < -0.39 is 12.3 Å². The number of carbonyl (C=O) groups is 1. The quantitative estimate of drug-likeness (QED) is 0.249. The molecule has 0 saturated carbocycles. The lowest BCUT2D eigenvalue weighted by Gasteiger charge is -2.24. The Hall–Kier alpha value is -0.580. The molecule has 90 valence electrons. The number of nitrogens with zero attached hydrogens (tertiary/aromatic N) is 1. The van der Waals surface area contributed by atoms with Crippen molar-refractivity contribution in [1.82, 2.24) is 0 Å². The number of aliphatic hydroxyl groups is 1. The Morgan fingerprint density at radius 3 is 2.27 bits per heavy atom. The van der Waals surface area contributed by atoms with E-state index in [-0.39, 0.29) is 12.4 Å². The number of rotatable bonds is 5. The summed E-state index contributed by atoms with van der Waals surface area (Å²) in [5.74, 6) is -0.543. The van der Waals surface area contributed by atoms with Crippen molar-refractivity contribution < 1.29 is 31.5 Å². The van der Waals surface area contributed by atoms with Gasteiger partial charge in [0.05, 0.1) is 34.1 Å². The summed E-state index contributed by atoms with van der Waals surface area (Å²) >= 11 is 0. The van der Waals surface area contributed by atoms with Gasteiger partial charge in [-0.15, -0.1) is 0 Å². The molecule has 0 aliphatic heterocycles. The number of quaternary nitrogens is 1. The van der Waals surface area contributed by atoms with Crippen molar-refractivity contribution in [3.05, 3.63) is 12.2 Å². The Bertz CT molecular complexity index is 223. The fraction of sp³-hybridized carbons (Fsp3) is 0.700. The molecule has 0 aromatic heterocycles. The van der Waals surface area contributed by atoms with Crippen molar-refractivity contribution in [2.24, 2.45) is 0 Å². The molecule has 0 amide bonds. The van der Waals surface area contributed by atoms with Gasteiger partial charge < -0.3 is 26.7 Å². The summed E-state index contributed by atoms with van der Waals surface area (Å²) in [5.41, 5.74) is 0.300. The molecule has 0 bridgehead atoms. The van der Waals surface area contributed by atoms with E-state index in [2.05, 4.69) is 6.58 Å². The minimum Gasteiger partial charge on any atom is -1.00 e. The number of hydrogen-bond acceptors (Lipinski definition) is 3. The molecule has 0 aliphatic rings. The van der Waals surface area contributed by atoms with Crippen LogP contribution in [0.2, 0.25) is 0 Å². The lowest BCUT2D eigenvalue weighted by atomic mass is 10.3. The van der Waals surface area contributed by atoms with Crippen molar-refractivity contribution >= 4 is 5.97 Å². The summed E-state index contributed by atoms with van der Waals surface area (Å²) < 4.78 is 5.44. The zero-order valence-corrected chi connectivity index (χ0v) is 10.5. The van der Waals surface area contributed by atoms with Crippen LogP contribution in [-0.4, -0.2) is 49.5 Å². The number of aliphatic hydroxyl groups excluding tert-OH is 1. The third-order valence-electron chi connectivity index (χ3n) is 1.64. The van der Waals surface area contributed by atoms with Gasteiger partial charge >= 0.3 is 5.97 Å². The average Bonchev–Trinajstić information content (AvgIpc) is 1.99. The SMILES string of the molecule is C=C(C)C(=O)OC(O)CC[N+](C)(C)C.[Cl-]. The highest BCUT2D eigenvalue weighted by atomic mass is 35.5. The summed E-state index contributed by atoms with van der Waals surface area (Å²) in [4.78, 5) is 11.0. The highest BCUT2D eigenvalue weighted by Crippen LogP contribution is 2.02. The lowest BCUT2D eigenvalue weighted by Crippen LogP contribution is -3.00. The van der Waals surface area contributed by atoms with E-state index in [4.69, 9.17) is 4.74 Å². The zero-order valence-electron chi connectivity index (χ0n) is 9.79. The van der Waals surface area contributed by atoms with Crippen LogP contribution in [0.25, 0.3) is 0 Å². The van der Waals surface area contributed by atoms with Crippen LogP contribution in [0.5, 0.6) is 0 Å². The second-order valence-corrected chi connectivity index (χ2v) is 4.44. The van der Waals surface area contributed by atoms with E-state index in [1.807, 2.05) is 21.1 Å². The molecule has 0 fully saturated rings. The molecule has 5 heteroatoms. The lowest BCUT2D eigenvalue weighted by molar-refractivity contribution is -0.871. The Labute approximate surface area is 97.5 Å². The predicted molar refractivity (Wildman–Crippen MR) is 54.4 cm³/mol. The molecule has 0 aromatic rings. The number of esters is 1. The summed E-state index contributed by atoms with van der Waals surface area (Å²) in [6.07, 6.45) is -0.598. The smallest absolute Gasteiger partial charge is 0.335 e. The maximum absolute atomic E-state index is 11.0. The van der Waals surface area contributed by atoms with Crippen molar-refractivity contribution in [3.8, 4) is 0 Å². The van der Waals surface area contributed by atoms with Crippen molar-refractivity contribution in [1.29, 1.82) is 0 Å². The van der Waals surface area contributed by atoms with Crippen LogP contribution >= 0.6 is 0 Å². The first-order chi connectivity index (χ1) is 6.22. The Balaban J connectivity index is 0. The van der Waals surface area contributed by atoms with Gasteiger partial charge in [0, 0.05) is 5.57 Å². The van der Waals surface area contributed by atoms with Crippen LogP contribution in [0.15, 0.2) is 12.2 Å². The maximum Gasteiger partial charge on any atom is 0.335 e. The van der Waals surface area contributed by atoms with E-state index >= 15 is 0 Å². The number of ether oxygens (including phenoxy) is 1. The van der Waals surface area contributed by atoms with Crippen LogP contribution in [-0.2, 0) is 9.53 Å². The van der Waals surface area contributed by atoms with E-state index in [0.29, 0.717) is 12.0 Å². The van der Waals surface area contributed by atoms with Gasteiger partial charge in [-0.2, -0.15) is 0 Å². The van der Waals surface area contributed by atoms with E-state index in [1.54, 1.807) is 6.92 Å². The molecule has 15 heavy (non-hydrogen) atoms. The Morgan fingerprint density at radius 1 is 1.47 bits per heavy atom. The standard InChI is InChI=1S/C10H20NO3.ClH/c1-8(2)10(13)14-9(12)6-7-11(3,4)5;/h9,12H,1,6-7H2,2-5H3;1H/q+1;/p-1. The van der Waals surface area contributed by atoms with Gasteiger partial charge in [0.25, 0.3) is 0 Å². The predicted octanol–water partition coefficient (Wildman–Crippen LogP) is -2.48. The molecule has 1 N–H and O–H groups in total. The summed E-state index contributed by atoms with van der Waals surface area (Å²) in [7, 11) is 6.02. The normalized spacial score (nSPS) is 12.6. The van der Waals surface area contributed by atoms with E-state index in [9.17, 15) is 9.90 Å². The van der Waals surface area contributed by atoms with Crippen LogP contribution in [0.4, 0.5) is 0 Å². The molecule has 1 unspecified atom stereocenters. The van der Waals surface area contributed by atoms with Crippen LogP contribution in [0, 0.1) is 0 Å². The van der Waals surface area contributed by atoms with Crippen LogP contribution < -0.4 is 12.4 Å². The minimum absolute atomic E-state index is 0. The number of hydrogen-bond donors (Lipinski definition) is 1. The molecule has 1 atom stereocenters. The molecular weight excluding hydrogens is 218 g/mol. The highest BCUT2D eigenvalue weighted by Gasteiger charge is 2.15. The third-order valence-corrected chi connectivity index (χ3v) is 1.64. The minimum atomic E-state index is -1.03. The molecule has 0 radical (unpaired) electrons. The first-order valence-corrected chi connectivity index (χ1v) is 4.57. The van der Waals surface area contributed by atoms with E-state index in [0.717, 1.165) is 11.0 Å². The van der Waals surface area contributed by atoms with Gasteiger partial charge in [0.2, 0.25) is 6.29 Å². The summed E-state index contributed by atoms with van der Waals surface area (Å²) in [6, 6.07) is 0. The fourth-order valence-corrected chi connectivity index (χ4v) is 0.781. The van der Waals surface area contributed by atoms with Gasteiger partial charge in [0.1, 0.15) is 0 Å². The second-order valence-electron chi connectivity index (χ2n) is 4.44. The highest BCUT2D eigenvalue weighted by molar-refractivity contribution is 5.86. The molecule has 0 aromatic carbocycles. The summed E-state index contributed by atoms with van der Waals surface area (Å²) in [6.45, 7) is 5.72. The van der Waals surface area contributed by atoms with Gasteiger partial charge in [-0.05, 0) is 6.92 Å². The monoisotopic (exact) mass is 237 g/mol. The second kappa shape index (κ2) is 6.82. The van der Waals surface area contributed by atoms with Crippen molar-refractivity contribution in [2.75, 3.05) is 27.7 Å². The molecule has 0 spiro atoms. The van der Waals surface area contributed by atoms with Gasteiger partial charge in [-0.3, -0.25) is 0 Å². The van der Waals surface area contributed by atoms with E-state index in [1.165, 1.54) is 0 Å². The largest absolute Gasteiger partial charge is 1.00 e. The third kappa shape index (κ3) is 9.72. The van der Waals surface area contributed by atoms with Crippen molar-refractivity contribution in [3.63, 3.8) is 0 Å². The molecular formula is C10H20ClNO3. The molecule has 0 heterocycles. The van der Waals surface area contributed by atoms with Crippen LogP contribution in [0.3, 0.4) is 0 Å². The van der Waals surface area contributed by atoms with Gasteiger partial charge in [0.15, 0.2) is 0 Å². The topological polar surface area (TPSA) is 46.5 Å². The molecule has 0 saturated heterocycles. The Morgan fingerprint density at radius 2 is 1.93 bits per heavy atom. The summed E-state index contributed by atoms with van der Waals surface area (Å²) in [5, 5.41) is 9.34.